The number of halogens is 2. The topological polar surface area (TPSA) is 87.7 Å². The minimum absolute atomic E-state index is 0.0178. The smallest absolute Gasteiger partial charge is 0.337 e. The molecule has 3 N–H and O–H groups in total. The SMILES string of the molecule is Cc1cc(OCC(=O)NC(=S)Nc2ccc(I)cc2C(=O)O)cc(C)c1Cl. The van der Waals surface area contributed by atoms with Crippen LogP contribution in [0.4, 0.5) is 5.69 Å². The highest BCUT2D eigenvalue weighted by Crippen LogP contribution is 2.25. The number of carboxylic acid groups (broad SMARTS) is 1. The number of rotatable bonds is 5. The van der Waals surface area contributed by atoms with Gasteiger partial charge in [-0.15, -0.1) is 0 Å². The second kappa shape index (κ2) is 9.34. The molecule has 0 aliphatic carbocycles. The Kier molecular flexibility index (Phi) is 7.40. The molecule has 0 saturated heterocycles. The minimum Gasteiger partial charge on any atom is -0.484 e. The number of amides is 1. The molecule has 0 radical (unpaired) electrons. The summed E-state index contributed by atoms with van der Waals surface area (Å²) in [6, 6.07) is 8.30. The molecular weight excluding hydrogens is 503 g/mol. The van der Waals surface area contributed by atoms with Gasteiger partial charge in [0.05, 0.1) is 11.3 Å². The maximum atomic E-state index is 12.0. The second-order valence-electron chi connectivity index (χ2n) is 5.66. The van der Waals surface area contributed by atoms with Crippen LogP contribution in [0.5, 0.6) is 5.75 Å². The first kappa shape index (κ1) is 21.4. The van der Waals surface area contributed by atoms with E-state index in [2.05, 4.69) is 10.6 Å². The van der Waals surface area contributed by atoms with Gasteiger partial charge in [-0.1, -0.05) is 11.6 Å². The number of aryl methyl sites for hydroxylation is 2. The van der Waals surface area contributed by atoms with Crippen LogP contribution < -0.4 is 15.4 Å². The minimum atomic E-state index is -1.10. The normalized spacial score (nSPS) is 10.2. The van der Waals surface area contributed by atoms with Gasteiger partial charge >= 0.3 is 5.97 Å². The Bertz CT molecular complexity index is 897. The number of aromatic carboxylic acids is 1. The third-order valence-electron chi connectivity index (χ3n) is 3.49. The largest absolute Gasteiger partial charge is 0.484 e. The molecule has 0 aromatic heterocycles. The zero-order valence-corrected chi connectivity index (χ0v) is 18.2. The third-order valence-corrected chi connectivity index (χ3v) is 4.96. The van der Waals surface area contributed by atoms with Gasteiger partial charge < -0.3 is 15.2 Å². The Balaban J connectivity index is 1.95. The van der Waals surface area contributed by atoms with E-state index in [1.807, 2.05) is 36.4 Å². The molecule has 0 spiro atoms. The molecular formula is C18H16ClIN2O4S. The number of carbonyl (C=O) groups is 2. The number of thiocarbonyl (C=S) groups is 1. The van der Waals surface area contributed by atoms with Crippen molar-refractivity contribution < 1.29 is 19.4 Å². The Morgan fingerprint density at radius 2 is 1.85 bits per heavy atom. The van der Waals surface area contributed by atoms with Crippen LogP contribution in [0.25, 0.3) is 0 Å². The number of nitrogens with one attached hydrogen (secondary N) is 2. The lowest BCUT2D eigenvalue weighted by molar-refractivity contribution is -0.121. The Hall–Kier alpha value is -1.91. The monoisotopic (exact) mass is 518 g/mol. The number of hydrogen-bond acceptors (Lipinski definition) is 4. The van der Waals surface area contributed by atoms with E-state index in [4.69, 9.17) is 28.6 Å². The van der Waals surface area contributed by atoms with E-state index >= 15 is 0 Å². The molecule has 142 valence electrons. The van der Waals surface area contributed by atoms with Crippen molar-refractivity contribution in [2.45, 2.75) is 13.8 Å². The van der Waals surface area contributed by atoms with Crippen molar-refractivity contribution in [3.63, 3.8) is 0 Å². The molecule has 0 aliphatic rings. The molecule has 0 fully saturated rings. The van der Waals surface area contributed by atoms with Gasteiger partial charge in [0.2, 0.25) is 0 Å². The molecule has 0 saturated carbocycles. The van der Waals surface area contributed by atoms with Crippen LogP contribution in [-0.2, 0) is 4.79 Å². The van der Waals surface area contributed by atoms with Crippen LogP contribution in [0.15, 0.2) is 30.3 Å². The highest BCUT2D eigenvalue weighted by Gasteiger charge is 2.13. The predicted molar refractivity (Wildman–Crippen MR) is 117 cm³/mol. The fourth-order valence-corrected chi connectivity index (χ4v) is 3.08. The average molecular weight is 519 g/mol. The van der Waals surface area contributed by atoms with Crippen LogP contribution in [0.2, 0.25) is 5.02 Å². The highest BCUT2D eigenvalue weighted by atomic mass is 127. The fraction of sp³-hybridized carbons (Fsp3) is 0.167. The number of hydrogen-bond donors (Lipinski definition) is 3. The summed E-state index contributed by atoms with van der Waals surface area (Å²) in [6.07, 6.45) is 0. The summed E-state index contributed by atoms with van der Waals surface area (Å²) in [5, 5.41) is 15.1. The Morgan fingerprint density at radius 1 is 1.22 bits per heavy atom. The zero-order chi connectivity index (χ0) is 20.1. The first-order chi connectivity index (χ1) is 12.7. The molecule has 27 heavy (non-hydrogen) atoms. The van der Waals surface area contributed by atoms with Crippen molar-refractivity contribution in [2.24, 2.45) is 0 Å². The molecule has 1 amide bonds. The first-order valence-corrected chi connectivity index (χ1v) is 9.57. The van der Waals surface area contributed by atoms with Crippen molar-refractivity contribution in [3.05, 3.63) is 55.6 Å². The lowest BCUT2D eigenvalue weighted by Gasteiger charge is -2.13. The average Bonchev–Trinajstić information content (AvgIpc) is 2.59. The quantitative estimate of drug-likeness (QED) is 0.407. The van der Waals surface area contributed by atoms with E-state index in [1.54, 1.807) is 24.3 Å². The van der Waals surface area contributed by atoms with Gasteiger partial charge in [-0.2, -0.15) is 0 Å². The number of anilines is 1. The summed E-state index contributed by atoms with van der Waals surface area (Å²) in [4.78, 5) is 23.3. The fourth-order valence-electron chi connectivity index (χ4n) is 2.26. The van der Waals surface area contributed by atoms with Crippen molar-refractivity contribution in [1.29, 1.82) is 0 Å². The molecule has 0 unspecified atom stereocenters. The number of carboxylic acids is 1. The molecule has 6 nitrogen and oxygen atoms in total. The molecule has 2 aromatic carbocycles. The predicted octanol–water partition coefficient (Wildman–Crippen LogP) is 4.15. The van der Waals surface area contributed by atoms with Crippen molar-refractivity contribution in [1.82, 2.24) is 5.32 Å². The molecule has 0 bridgehead atoms. The lowest BCUT2D eigenvalue weighted by atomic mass is 10.1. The summed E-state index contributed by atoms with van der Waals surface area (Å²) in [6.45, 7) is 3.45. The van der Waals surface area contributed by atoms with Gasteiger partial charge in [-0.05, 0) is 90.1 Å². The summed E-state index contributed by atoms with van der Waals surface area (Å²) in [5.74, 6) is -1.05. The summed E-state index contributed by atoms with van der Waals surface area (Å²) >= 11 is 13.2. The van der Waals surface area contributed by atoms with Crippen LogP contribution in [0, 0.1) is 17.4 Å². The molecule has 0 atom stereocenters. The maximum Gasteiger partial charge on any atom is 0.337 e. The van der Waals surface area contributed by atoms with E-state index < -0.39 is 11.9 Å². The standard InChI is InChI=1S/C18H16ClIN2O4S/c1-9-5-12(6-10(2)16(9)19)26-8-15(23)22-18(27)21-14-4-3-11(20)7-13(14)17(24)25/h3-7H,8H2,1-2H3,(H,24,25)(H2,21,22,23,27). The van der Waals surface area contributed by atoms with Gasteiger partial charge in [-0.3, -0.25) is 10.1 Å². The highest BCUT2D eigenvalue weighted by molar-refractivity contribution is 14.1. The Morgan fingerprint density at radius 3 is 2.44 bits per heavy atom. The molecule has 0 aliphatic heterocycles. The van der Waals surface area contributed by atoms with E-state index in [0.717, 1.165) is 14.7 Å². The van der Waals surface area contributed by atoms with Gasteiger partial charge in [0.15, 0.2) is 11.7 Å². The van der Waals surface area contributed by atoms with Crippen molar-refractivity contribution >= 4 is 69.1 Å². The number of ether oxygens (including phenoxy) is 1. The maximum absolute atomic E-state index is 12.0. The molecule has 0 heterocycles. The summed E-state index contributed by atoms with van der Waals surface area (Å²) < 4.78 is 6.23. The summed E-state index contributed by atoms with van der Waals surface area (Å²) in [5.41, 5.74) is 2.05. The van der Waals surface area contributed by atoms with E-state index in [1.165, 1.54) is 6.07 Å². The van der Waals surface area contributed by atoms with Gasteiger partial charge in [-0.25, -0.2) is 4.79 Å². The van der Waals surface area contributed by atoms with E-state index in [9.17, 15) is 14.7 Å². The van der Waals surface area contributed by atoms with Crippen LogP contribution in [0.3, 0.4) is 0 Å². The second-order valence-corrected chi connectivity index (χ2v) is 7.69. The number of carbonyl (C=O) groups excluding carboxylic acids is 1. The molecule has 2 aromatic rings. The molecule has 2 rings (SSSR count). The number of benzene rings is 2. The van der Waals surface area contributed by atoms with Crippen LogP contribution in [0.1, 0.15) is 21.5 Å². The van der Waals surface area contributed by atoms with E-state index in [-0.39, 0.29) is 23.0 Å². The van der Waals surface area contributed by atoms with E-state index in [0.29, 0.717) is 10.8 Å². The van der Waals surface area contributed by atoms with Gasteiger partial charge in [0.1, 0.15) is 5.75 Å². The Labute approximate surface area is 180 Å². The lowest BCUT2D eigenvalue weighted by Crippen LogP contribution is -2.37. The first-order valence-electron chi connectivity index (χ1n) is 7.70. The van der Waals surface area contributed by atoms with Crippen LogP contribution >= 0.6 is 46.4 Å². The van der Waals surface area contributed by atoms with Crippen molar-refractivity contribution in [2.75, 3.05) is 11.9 Å². The van der Waals surface area contributed by atoms with Gasteiger partial charge in [0, 0.05) is 8.59 Å². The van der Waals surface area contributed by atoms with Gasteiger partial charge in [0.25, 0.3) is 5.91 Å². The van der Waals surface area contributed by atoms with Crippen molar-refractivity contribution in [3.8, 4) is 5.75 Å². The third kappa shape index (κ3) is 6.05. The zero-order valence-electron chi connectivity index (χ0n) is 14.4. The van der Waals surface area contributed by atoms with Crippen LogP contribution in [-0.4, -0.2) is 28.7 Å². The summed E-state index contributed by atoms with van der Waals surface area (Å²) in [7, 11) is 0. The molecule has 9 heteroatoms.